The summed E-state index contributed by atoms with van der Waals surface area (Å²) in [6.07, 6.45) is 0. The molecule has 0 spiro atoms. The fourth-order valence-corrected chi connectivity index (χ4v) is 3.86. The number of carbonyl (C=O) groups is 2. The first-order chi connectivity index (χ1) is 11.0. The standard InChI is InChI=1S/C16H15ClN2O3S/c1-9-6-19(7-11(9)16(21)22)15(20)13-8-23-14(18-13)10-4-2-3-5-12(10)17/h2-5,8-9,11H,6-7H2,1H3,(H,21,22)/t9-,11-/m1/s1. The first-order valence-corrected chi connectivity index (χ1v) is 8.45. The Hall–Kier alpha value is -1.92. The number of amides is 1. The number of carboxylic acids is 1. The Balaban J connectivity index is 1.80. The van der Waals surface area contributed by atoms with Crippen LogP contribution in [0.2, 0.25) is 5.02 Å². The summed E-state index contributed by atoms with van der Waals surface area (Å²) in [7, 11) is 0. The van der Waals surface area contributed by atoms with Gasteiger partial charge in [-0.05, 0) is 12.0 Å². The molecule has 2 aromatic rings. The van der Waals surface area contributed by atoms with Gasteiger partial charge in [0.25, 0.3) is 5.91 Å². The van der Waals surface area contributed by atoms with Crippen molar-refractivity contribution in [1.82, 2.24) is 9.88 Å². The minimum atomic E-state index is -0.858. The number of rotatable bonds is 3. The van der Waals surface area contributed by atoms with Gasteiger partial charge in [0.15, 0.2) is 0 Å². The SMILES string of the molecule is C[C@@H]1CN(C(=O)c2csc(-c3ccccc3Cl)n2)C[C@H]1C(=O)O. The molecule has 5 nitrogen and oxygen atoms in total. The lowest BCUT2D eigenvalue weighted by Crippen LogP contribution is -2.30. The first-order valence-electron chi connectivity index (χ1n) is 7.20. The molecule has 1 fully saturated rings. The van der Waals surface area contributed by atoms with E-state index >= 15 is 0 Å². The van der Waals surface area contributed by atoms with Gasteiger partial charge < -0.3 is 10.0 Å². The number of hydrogen-bond acceptors (Lipinski definition) is 4. The maximum atomic E-state index is 12.5. The minimum Gasteiger partial charge on any atom is -0.481 e. The van der Waals surface area contributed by atoms with E-state index in [1.54, 1.807) is 16.3 Å². The predicted molar refractivity (Wildman–Crippen MR) is 88.8 cm³/mol. The topological polar surface area (TPSA) is 70.5 Å². The molecule has 0 saturated carbocycles. The molecule has 1 saturated heterocycles. The lowest BCUT2D eigenvalue weighted by atomic mass is 9.99. The summed E-state index contributed by atoms with van der Waals surface area (Å²) < 4.78 is 0. The molecule has 1 N–H and O–H groups in total. The van der Waals surface area contributed by atoms with Crippen LogP contribution in [0.1, 0.15) is 17.4 Å². The highest BCUT2D eigenvalue weighted by Crippen LogP contribution is 2.31. The molecule has 0 bridgehead atoms. The number of carboxylic acid groups (broad SMARTS) is 1. The van der Waals surface area contributed by atoms with Crippen molar-refractivity contribution in [1.29, 1.82) is 0 Å². The van der Waals surface area contributed by atoms with Crippen LogP contribution in [0.4, 0.5) is 0 Å². The summed E-state index contributed by atoms with van der Waals surface area (Å²) in [4.78, 5) is 29.7. The number of hydrogen-bond donors (Lipinski definition) is 1. The van der Waals surface area contributed by atoms with E-state index < -0.39 is 11.9 Å². The van der Waals surface area contributed by atoms with Crippen molar-refractivity contribution in [2.24, 2.45) is 11.8 Å². The molecule has 0 radical (unpaired) electrons. The van der Waals surface area contributed by atoms with Crippen LogP contribution < -0.4 is 0 Å². The molecule has 1 aliphatic rings. The van der Waals surface area contributed by atoms with Crippen molar-refractivity contribution in [3.8, 4) is 10.6 Å². The Labute approximate surface area is 142 Å². The van der Waals surface area contributed by atoms with Crippen LogP contribution in [0.15, 0.2) is 29.6 Å². The number of thiazole rings is 1. The van der Waals surface area contributed by atoms with Crippen LogP contribution in [0.3, 0.4) is 0 Å². The number of carbonyl (C=O) groups excluding carboxylic acids is 1. The van der Waals surface area contributed by atoms with E-state index in [0.717, 1.165) is 5.56 Å². The third-order valence-electron chi connectivity index (χ3n) is 4.04. The van der Waals surface area contributed by atoms with Crippen molar-refractivity contribution in [3.05, 3.63) is 40.4 Å². The number of aromatic nitrogens is 1. The Bertz CT molecular complexity index is 761. The molecule has 0 unspecified atom stereocenters. The quantitative estimate of drug-likeness (QED) is 0.922. The Morgan fingerprint density at radius 3 is 2.74 bits per heavy atom. The van der Waals surface area contributed by atoms with Crippen molar-refractivity contribution < 1.29 is 14.7 Å². The molecule has 1 aliphatic heterocycles. The summed E-state index contributed by atoms with van der Waals surface area (Å²) in [5, 5.41) is 12.1. The van der Waals surface area contributed by atoms with Gasteiger partial charge in [0.05, 0.1) is 10.9 Å². The predicted octanol–water partition coefficient (Wildman–Crippen LogP) is 3.26. The van der Waals surface area contributed by atoms with Gasteiger partial charge in [0.2, 0.25) is 0 Å². The second-order valence-corrected chi connectivity index (χ2v) is 6.92. The van der Waals surface area contributed by atoms with Gasteiger partial charge >= 0.3 is 5.97 Å². The molecule has 1 aromatic heterocycles. The summed E-state index contributed by atoms with van der Waals surface area (Å²) in [5.41, 5.74) is 1.12. The number of aliphatic carboxylic acids is 1. The van der Waals surface area contributed by atoms with Gasteiger partial charge in [-0.1, -0.05) is 36.7 Å². The van der Waals surface area contributed by atoms with Crippen molar-refractivity contribution in [3.63, 3.8) is 0 Å². The zero-order valence-electron chi connectivity index (χ0n) is 12.4. The fourth-order valence-electron chi connectivity index (χ4n) is 2.75. The molecule has 7 heteroatoms. The molecular formula is C16H15ClN2O3S. The van der Waals surface area contributed by atoms with Crippen molar-refractivity contribution >= 4 is 34.8 Å². The van der Waals surface area contributed by atoms with E-state index in [0.29, 0.717) is 22.3 Å². The Morgan fingerprint density at radius 1 is 1.35 bits per heavy atom. The van der Waals surface area contributed by atoms with E-state index in [4.69, 9.17) is 11.6 Å². The smallest absolute Gasteiger partial charge is 0.308 e. The van der Waals surface area contributed by atoms with E-state index in [-0.39, 0.29) is 18.4 Å². The van der Waals surface area contributed by atoms with Crippen LogP contribution in [-0.4, -0.2) is 40.0 Å². The molecule has 0 aliphatic carbocycles. The zero-order chi connectivity index (χ0) is 16.6. The van der Waals surface area contributed by atoms with Crippen molar-refractivity contribution in [2.45, 2.75) is 6.92 Å². The maximum Gasteiger partial charge on any atom is 0.308 e. The second-order valence-electron chi connectivity index (χ2n) is 5.65. The summed E-state index contributed by atoms with van der Waals surface area (Å²) >= 11 is 7.51. The van der Waals surface area contributed by atoms with Crippen LogP contribution in [-0.2, 0) is 4.79 Å². The molecule has 2 atom stereocenters. The number of benzene rings is 1. The Kier molecular flexibility index (Phi) is 4.37. The molecule has 1 aromatic carbocycles. The fraction of sp³-hybridized carbons (Fsp3) is 0.312. The average Bonchev–Trinajstić information content (AvgIpc) is 3.14. The van der Waals surface area contributed by atoms with Gasteiger partial charge in [0, 0.05) is 24.0 Å². The van der Waals surface area contributed by atoms with Gasteiger partial charge in [-0.2, -0.15) is 0 Å². The van der Waals surface area contributed by atoms with Gasteiger partial charge in [-0.25, -0.2) is 4.98 Å². The van der Waals surface area contributed by atoms with Crippen LogP contribution in [0, 0.1) is 11.8 Å². The van der Waals surface area contributed by atoms with Gasteiger partial charge in [0.1, 0.15) is 10.7 Å². The van der Waals surface area contributed by atoms with E-state index in [2.05, 4.69) is 4.98 Å². The number of nitrogens with zero attached hydrogens (tertiary/aromatic N) is 2. The van der Waals surface area contributed by atoms with Crippen LogP contribution >= 0.6 is 22.9 Å². The number of likely N-dealkylation sites (tertiary alicyclic amines) is 1. The normalized spacial score (nSPS) is 20.7. The molecule has 23 heavy (non-hydrogen) atoms. The Morgan fingerprint density at radius 2 is 2.09 bits per heavy atom. The highest BCUT2D eigenvalue weighted by molar-refractivity contribution is 7.13. The minimum absolute atomic E-state index is 0.0573. The summed E-state index contributed by atoms with van der Waals surface area (Å²) in [6.45, 7) is 2.52. The van der Waals surface area contributed by atoms with Crippen LogP contribution in [0.25, 0.3) is 10.6 Å². The largest absolute Gasteiger partial charge is 0.481 e. The maximum absolute atomic E-state index is 12.5. The zero-order valence-corrected chi connectivity index (χ0v) is 14.0. The third-order valence-corrected chi connectivity index (χ3v) is 5.25. The molecular weight excluding hydrogens is 336 g/mol. The highest BCUT2D eigenvalue weighted by Gasteiger charge is 2.37. The van der Waals surface area contributed by atoms with Gasteiger partial charge in [-0.15, -0.1) is 11.3 Å². The van der Waals surface area contributed by atoms with E-state index in [1.807, 2.05) is 25.1 Å². The second kappa shape index (κ2) is 6.29. The third kappa shape index (κ3) is 3.09. The summed E-state index contributed by atoms with van der Waals surface area (Å²) in [6, 6.07) is 7.33. The number of halogens is 1. The lowest BCUT2D eigenvalue weighted by molar-refractivity contribution is -0.142. The summed E-state index contributed by atoms with van der Waals surface area (Å²) in [5.74, 6) is -1.66. The lowest BCUT2D eigenvalue weighted by Gasteiger charge is -2.13. The van der Waals surface area contributed by atoms with Crippen LogP contribution in [0.5, 0.6) is 0 Å². The molecule has 120 valence electrons. The first kappa shape index (κ1) is 16.0. The van der Waals surface area contributed by atoms with E-state index in [1.165, 1.54) is 11.3 Å². The van der Waals surface area contributed by atoms with Crippen molar-refractivity contribution in [2.75, 3.05) is 13.1 Å². The molecule has 3 rings (SSSR count). The average molecular weight is 351 g/mol. The van der Waals surface area contributed by atoms with Gasteiger partial charge in [-0.3, -0.25) is 9.59 Å². The van der Waals surface area contributed by atoms with E-state index in [9.17, 15) is 14.7 Å². The highest BCUT2D eigenvalue weighted by atomic mass is 35.5. The molecule has 1 amide bonds. The monoisotopic (exact) mass is 350 g/mol. The molecule has 2 heterocycles.